The maximum Gasteiger partial charge on any atom is 0.290 e. The van der Waals surface area contributed by atoms with E-state index in [4.69, 9.17) is 9.90 Å². The molecular formula is C15H30O2. The second-order valence-electron chi connectivity index (χ2n) is 6.40. The molecular weight excluding hydrogens is 212 g/mol. The summed E-state index contributed by atoms with van der Waals surface area (Å²) in [6, 6.07) is 0. The third kappa shape index (κ3) is 4.33. The van der Waals surface area contributed by atoms with E-state index in [9.17, 15) is 0 Å². The van der Waals surface area contributed by atoms with Crippen LogP contribution in [0.1, 0.15) is 73.1 Å². The topological polar surface area (TPSA) is 37.3 Å². The van der Waals surface area contributed by atoms with E-state index in [2.05, 4.69) is 34.6 Å². The van der Waals surface area contributed by atoms with Gasteiger partial charge < -0.3 is 5.11 Å². The largest absolute Gasteiger partial charge is 0.483 e. The lowest BCUT2D eigenvalue weighted by Gasteiger charge is -2.48. The Hall–Kier alpha value is -0.530. The molecule has 0 aromatic heterocycles. The van der Waals surface area contributed by atoms with Crippen molar-refractivity contribution in [2.45, 2.75) is 73.1 Å². The molecule has 0 unspecified atom stereocenters. The van der Waals surface area contributed by atoms with Crippen LogP contribution in [-0.2, 0) is 4.79 Å². The van der Waals surface area contributed by atoms with Gasteiger partial charge in [-0.05, 0) is 29.6 Å². The van der Waals surface area contributed by atoms with Gasteiger partial charge in [0.25, 0.3) is 6.47 Å². The van der Waals surface area contributed by atoms with Crippen molar-refractivity contribution in [3.63, 3.8) is 0 Å². The Bertz CT molecular complexity index is 213. The van der Waals surface area contributed by atoms with Gasteiger partial charge in [0.15, 0.2) is 0 Å². The van der Waals surface area contributed by atoms with Crippen LogP contribution in [-0.4, -0.2) is 11.6 Å². The van der Waals surface area contributed by atoms with Gasteiger partial charge in [-0.2, -0.15) is 0 Å². The van der Waals surface area contributed by atoms with Gasteiger partial charge >= 0.3 is 0 Å². The van der Waals surface area contributed by atoms with Crippen LogP contribution in [0.25, 0.3) is 0 Å². The molecule has 0 radical (unpaired) electrons. The predicted molar refractivity (Wildman–Crippen MR) is 73.1 cm³/mol. The maximum absolute atomic E-state index is 8.36. The number of hydrogen-bond donors (Lipinski definition) is 1. The number of rotatable bonds is 3. The molecule has 1 fully saturated rings. The highest BCUT2D eigenvalue weighted by Gasteiger charge is 2.41. The molecule has 102 valence electrons. The van der Waals surface area contributed by atoms with E-state index in [1.54, 1.807) is 0 Å². The van der Waals surface area contributed by atoms with E-state index in [0.29, 0.717) is 10.8 Å². The van der Waals surface area contributed by atoms with Crippen LogP contribution in [0.5, 0.6) is 0 Å². The summed E-state index contributed by atoms with van der Waals surface area (Å²) in [5.41, 5.74) is 1.01. The molecule has 1 aliphatic carbocycles. The average Bonchev–Trinajstić information content (AvgIpc) is 2.31. The molecule has 0 heterocycles. The second-order valence-corrected chi connectivity index (χ2v) is 6.40. The molecule has 2 heteroatoms. The van der Waals surface area contributed by atoms with Gasteiger partial charge in [-0.3, -0.25) is 4.79 Å². The minimum absolute atomic E-state index is 0.250. The lowest BCUT2D eigenvalue weighted by molar-refractivity contribution is -0.122. The van der Waals surface area contributed by atoms with Gasteiger partial charge in [0.05, 0.1) is 0 Å². The Labute approximate surface area is 107 Å². The Kier molecular flexibility index (Phi) is 6.81. The number of hydrogen-bond acceptors (Lipinski definition) is 1. The van der Waals surface area contributed by atoms with Crippen LogP contribution in [0, 0.1) is 16.7 Å². The van der Waals surface area contributed by atoms with E-state index in [1.165, 1.54) is 38.5 Å². The van der Waals surface area contributed by atoms with Crippen molar-refractivity contribution in [1.29, 1.82) is 0 Å². The zero-order valence-corrected chi connectivity index (χ0v) is 12.3. The van der Waals surface area contributed by atoms with Crippen LogP contribution in [0.15, 0.2) is 0 Å². The molecule has 1 aliphatic rings. The summed E-state index contributed by atoms with van der Waals surface area (Å²) in [6.07, 6.45) is 8.64. The van der Waals surface area contributed by atoms with Crippen LogP contribution in [0.3, 0.4) is 0 Å². The second kappa shape index (κ2) is 7.03. The molecule has 17 heavy (non-hydrogen) atoms. The minimum Gasteiger partial charge on any atom is -0.483 e. The molecule has 0 aliphatic heterocycles. The Balaban J connectivity index is 0.000000770. The SMILES string of the molecule is CCC(C)(C)C(C)(C)C1CCCCC1.O=CO. The molecule has 0 bridgehead atoms. The van der Waals surface area contributed by atoms with Gasteiger partial charge in [0.1, 0.15) is 0 Å². The third-order valence-electron chi connectivity index (χ3n) is 5.25. The van der Waals surface area contributed by atoms with Gasteiger partial charge in [-0.1, -0.05) is 60.3 Å². The predicted octanol–water partition coefficient (Wildman–Crippen LogP) is 4.73. The maximum atomic E-state index is 8.36. The van der Waals surface area contributed by atoms with E-state index >= 15 is 0 Å². The molecule has 1 saturated carbocycles. The molecule has 0 saturated heterocycles. The monoisotopic (exact) mass is 242 g/mol. The zero-order valence-electron chi connectivity index (χ0n) is 12.3. The van der Waals surface area contributed by atoms with Crippen molar-refractivity contribution in [2.24, 2.45) is 16.7 Å². The summed E-state index contributed by atoms with van der Waals surface area (Å²) >= 11 is 0. The van der Waals surface area contributed by atoms with Crippen molar-refractivity contribution in [1.82, 2.24) is 0 Å². The number of carboxylic acid groups (broad SMARTS) is 1. The lowest BCUT2D eigenvalue weighted by atomic mass is 9.57. The first-order valence-electron chi connectivity index (χ1n) is 6.91. The molecule has 1 N–H and O–H groups in total. The van der Waals surface area contributed by atoms with Crippen LogP contribution in [0.2, 0.25) is 0 Å². The van der Waals surface area contributed by atoms with Crippen LogP contribution < -0.4 is 0 Å². The van der Waals surface area contributed by atoms with Crippen molar-refractivity contribution < 1.29 is 9.90 Å². The van der Waals surface area contributed by atoms with Gasteiger partial charge in [-0.15, -0.1) is 0 Å². The highest BCUT2D eigenvalue weighted by Crippen LogP contribution is 2.51. The van der Waals surface area contributed by atoms with Crippen LogP contribution in [0.4, 0.5) is 0 Å². The van der Waals surface area contributed by atoms with Gasteiger partial charge in [-0.25, -0.2) is 0 Å². The molecule has 0 aromatic rings. The minimum atomic E-state index is -0.250. The van der Waals surface area contributed by atoms with E-state index in [-0.39, 0.29) is 6.47 Å². The van der Waals surface area contributed by atoms with E-state index < -0.39 is 0 Å². The standard InChI is InChI=1S/C14H28.CH2O2/c1-6-13(2,3)14(4,5)12-10-8-7-9-11-12;2-1-3/h12H,6-11H2,1-5H3;1H,(H,2,3). The van der Waals surface area contributed by atoms with Crippen molar-refractivity contribution in [2.75, 3.05) is 0 Å². The third-order valence-corrected chi connectivity index (χ3v) is 5.25. The Morgan fingerprint density at radius 1 is 1.12 bits per heavy atom. The Morgan fingerprint density at radius 2 is 1.53 bits per heavy atom. The van der Waals surface area contributed by atoms with Crippen LogP contribution >= 0.6 is 0 Å². The Morgan fingerprint density at radius 3 is 1.88 bits per heavy atom. The molecule has 0 spiro atoms. The fourth-order valence-corrected chi connectivity index (χ4v) is 2.83. The summed E-state index contributed by atoms with van der Waals surface area (Å²) in [6.45, 7) is 12.0. The van der Waals surface area contributed by atoms with E-state index in [1.807, 2.05) is 0 Å². The molecule has 0 amide bonds. The molecule has 0 atom stereocenters. The van der Waals surface area contributed by atoms with E-state index in [0.717, 1.165) is 5.92 Å². The van der Waals surface area contributed by atoms with Crippen molar-refractivity contribution in [3.05, 3.63) is 0 Å². The number of carbonyl (C=O) groups is 1. The summed E-state index contributed by atoms with van der Waals surface area (Å²) in [4.78, 5) is 8.36. The first-order valence-corrected chi connectivity index (χ1v) is 6.91. The lowest BCUT2D eigenvalue weighted by Crippen LogP contribution is -2.39. The highest BCUT2D eigenvalue weighted by molar-refractivity contribution is 5.32. The molecule has 0 aromatic carbocycles. The fraction of sp³-hybridized carbons (Fsp3) is 0.933. The first-order chi connectivity index (χ1) is 7.83. The molecule has 1 rings (SSSR count). The summed E-state index contributed by atoms with van der Waals surface area (Å²) in [5.74, 6) is 0.964. The summed E-state index contributed by atoms with van der Waals surface area (Å²) in [7, 11) is 0. The quantitative estimate of drug-likeness (QED) is 0.726. The summed E-state index contributed by atoms with van der Waals surface area (Å²) in [5, 5.41) is 6.89. The molecule has 2 nitrogen and oxygen atoms in total. The van der Waals surface area contributed by atoms with Gasteiger partial charge in [0.2, 0.25) is 0 Å². The average molecular weight is 242 g/mol. The highest BCUT2D eigenvalue weighted by atomic mass is 16.3. The van der Waals surface area contributed by atoms with Crippen molar-refractivity contribution >= 4 is 6.47 Å². The summed E-state index contributed by atoms with van der Waals surface area (Å²) < 4.78 is 0. The smallest absolute Gasteiger partial charge is 0.290 e. The fourth-order valence-electron chi connectivity index (χ4n) is 2.83. The van der Waals surface area contributed by atoms with Crippen molar-refractivity contribution in [3.8, 4) is 0 Å². The zero-order chi connectivity index (χ0) is 13.5. The normalized spacial score (nSPS) is 18.2. The van der Waals surface area contributed by atoms with Gasteiger partial charge in [0, 0.05) is 0 Å². The first kappa shape index (κ1) is 16.5.